The number of rotatable bonds is 7. The van der Waals surface area contributed by atoms with E-state index in [1.807, 2.05) is 30.3 Å². The standard InChI is InChI=1S/C17H18N2O4/c1-23-11-10-18(13-14-6-3-2-4-7-14)17(20)15-8-5-9-16(12-15)19(21)22/h2-9,12H,10-11,13H2,1H3. The van der Waals surface area contributed by atoms with Crippen molar-refractivity contribution in [1.29, 1.82) is 0 Å². The van der Waals surface area contributed by atoms with Gasteiger partial charge in [-0.05, 0) is 11.6 Å². The Labute approximate surface area is 134 Å². The second-order valence-corrected chi connectivity index (χ2v) is 5.01. The van der Waals surface area contributed by atoms with Crippen LogP contribution in [0.5, 0.6) is 0 Å². The zero-order valence-corrected chi connectivity index (χ0v) is 12.8. The number of nitro groups is 1. The minimum Gasteiger partial charge on any atom is -0.383 e. The van der Waals surface area contributed by atoms with Gasteiger partial charge in [-0.1, -0.05) is 36.4 Å². The monoisotopic (exact) mass is 314 g/mol. The Morgan fingerprint density at radius 1 is 1.17 bits per heavy atom. The Hall–Kier alpha value is -2.73. The lowest BCUT2D eigenvalue weighted by Crippen LogP contribution is -2.33. The first-order valence-corrected chi connectivity index (χ1v) is 7.18. The second kappa shape index (κ2) is 8.05. The van der Waals surface area contributed by atoms with Crippen molar-refractivity contribution in [3.8, 4) is 0 Å². The molecular formula is C17H18N2O4. The molecule has 0 aliphatic carbocycles. The highest BCUT2D eigenvalue weighted by molar-refractivity contribution is 5.94. The summed E-state index contributed by atoms with van der Waals surface area (Å²) in [7, 11) is 1.57. The van der Waals surface area contributed by atoms with Gasteiger partial charge in [-0.2, -0.15) is 0 Å². The predicted molar refractivity (Wildman–Crippen MR) is 86.2 cm³/mol. The van der Waals surface area contributed by atoms with Crippen molar-refractivity contribution in [2.24, 2.45) is 0 Å². The number of carbonyl (C=O) groups excluding carboxylic acids is 1. The maximum Gasteiger partial charge on any atom is 0.270 e. The number of amides is 1. The van der Waals surface area contributed by atoms with Gasteiger partial charge in [-0.3, -0.25) is 14.9 Å². The van der Waals surface area contributed by atoms with Gasteiger partial charge in [0.05, 0.1) is 11.5 Å². The van der Waals surface area contributed by atoms with E-state index >= 15 is 0 Å². The number of methoxy groups -OCH3 is 1. The van der Waals surface area contributed by atoms with Gasteiger partial charge in [0.2, 0.25) is 0 Å². The fourth-order valence-electron chi connectivity index (χ4n) is 2.19. The fraction of sp³-hybridized carbons (Fsp3) is 0.235. The Balaban J connectivity index is 2.22. The van der Waals surface area contributed by atoms with Gasteiger partial charge in [-0.15, -0.1) is 0 Å². The molecule has 0 aliphatic heterocycles. The van der Waals surface area contributed by atoms with Crippen molar-refractivity contribution in [3.05, 3.63) is 75.8 Å². The van der Waals surface area contributed by atoms with E-state index in [0.29, 0.717) is 25.3 Å². The summed E-state index contributed by atoms with van der Waals surface area (Å²) in [5.74, 6) is -0.255. The normalized spacial score (nSPS) is 10.3. The molecule has 0 radical (unpaired) electrons. The van der Waals surface area contributed by atoms with Crippen LogP contribution >= 0.6 is 0 Å². The van der Waals surface area contributed by atoms with Crippen molar-refractivity contribution in [2.75, 3.05) is 20.3 Å². The van der Waals surface area contributed by atoms with E-state index in [1.165, 1.54) is 18.2 Å². The first kappa shape index (κ1) is 16.6. The van der Waals surface area contributed by atoms with E-state index in [1.54, 1.807) is 18.1 Å². The summed E-state index contributed by atoms with van der Waals surface area (Å²) in [4.78, 5) is 24.7. The van der Waals surface area contributed by atoms with Crippen LogP contribution in [0.3, 0.4) is 0 Å². The molecule has 0 aliphatic rings. The third kappa shape index (κ3) is 4.62. The minimum atomic E-state index is -0.506. The molecule has 0 N–H and O–H groups in total. The van der Waals surface area contributed by atoms with Crippen molar-refractivity contribution in [2.45, 2.75) is 6.54 Å². The van der Waals surface area contributed by atoms with Crippen LogP contribution in [0.4, 0.5) is 5.69 Å². The average molecular weight is 314 g/mol. The highest BCUT2D eigenvalue weighted by Crippen LogP contribution is 2.16. The molecule has 0 saturated carbocycles. The summed E-state index contributed by atoms with van der Waals surface area (Å²) < 4.78 is 5.06. The molecule has 0 saturated heterocycles. The van der Waals surface area contributed by atoms with Gasteiger partial charge in [0.25, 0.3) is 11.6 Å². The number of hydrogen-bond acceptors (Lipinski definition) is 4. The maximum absolute atomic E-state index is 12.7. The topological polar surface area (TPSA) is 72.7 Å². The van der Waals surface area contributed by atoms with Crippen LogP contribution < -0.4 is 0 Å². The molecule has 0 fully saturated rings. The maximum atomic E-state index is 12.7. The van der Waals surface area contributed by atoms with E-state index < -0.39 is 4.92 Å². The SMILES string of the molecule is COCCN(Cc1ccccc1)C(=O)c1cccc([N+](=O)[O-])c1. The molecule has 1 amide bonds. The van der Waals surface area contributed by atoms with Crippen LogP contribution in [0, 0.1) is 10.1 Å². The molecule has 6 nitrogen and oxygen atoms in total. The number of benzene rings is 2. The summed E-state index contributed by atoms with van der Waals surface area (Å²) in [5, 5.41) is 10.9. The van der Waals surface area contributed by atoms with Gasteiger partial charge >= 0.3 is 0 Å². The van der Waals surface area contributed by atoms with Crippen LogP contribution in [-0.2, 0) is 11.3 Å². The number of non-ortho nitro benzene ring substituents is 1. The van der Waals surface area contributed by atoms with E-state index in [2.05, 4.69) is 0 Å². The van der Waals surface area contributed by atoms with Gasteiger partial charge in [0.1, 0.15) is 0 Å². The number of nitro benzene ring substituents is 1. The van der Waals surface area contributed by atoms with Crippen molar-refractivity contribution in [3.63, 3.8) is 0 Å². The molecule has 0 unspecified atom stereocenters. The molecule has 0 spiro atoms. The number of nitrogens with zero attached hydrogens (tertiary/aromatic N) is 2. The molecule has 0 bridgehead atoms. The van der Waals surface area contributed by atoms with Crippen LogP contribution in [0.25, 0.3) is 0 Å². The van der Waals surface area contributed by atoms with Crippen molar-refractivity contribution >= 4 is 11.6 Å². The number of carbonyl (C=O) groups is 1. The predicted octanol–water partition coefficient (Wildman–Crippen LogP) is 2.88. The molecule has 2 aromatic carbocycles. The zero-order valence-electron chi connectivity index (χ0n) is 12.8. The van der Waals surface area contributed by atoms with Crippen molar-refractivity contribution < 1.29 is 14.5 Å². The molecule has 6 heteroatoms. The molecule has 0 atom stereocenters. The van der Waals surface area contributed by atoms with E-state index in [0.717, 1.165) is 5.56 Å². The smallest absolute Gasteiger partial charge is 0.270 e. The second-order valence-electron chi connectivity index (χ2n) is 5.01. The molecule has 0 aromatic heterocycles. The largest absolute Gasteiger partial charge is 0.383 e. The quantitative estimate of drug-likeness (QED) is 0.582. The molecule has 120 valence electrons. The summed E-state index contributed by atoms with van der Waals surface area (Å²) >= 11 is 0. The van der Waals surface area contributed by atoms with Gasteiger partial charge < -0.3 is 9.64 Å². The third-order valence-electron chi connectivity index (χ3n) is 3.37. The number of ether oxygens (including phenoxy) is 1. The fourth-order valence-corrected chi connectivity index (χ4v) is 2.19. The molecule has 2 aromatic rings. The van der Waals surface area contributed by atoms with Crippen LogP contribution in [0.1, 0.15) is 15.9 Å². The van der Waals surface area contributed by atoms with E-state index in [4.69, 9.17) is 4.74 Å². The highest BCUT2D eigenvalue weighted by Gasteiger charge is 2.18. The lowest BCUT2D eigenvalue weighted by atomic mass is 10.1. The van der Waals surface area contributed by atoms with Crippen LogP contribution in [0.2, 0.25) is 0 Å². The van der Waals surface area contributed by atoms with Gasteiger partial charge in [-0.25, -0.2) is 0 Å². The Bertz CT molecular complexity index is 673. The van der Waals surface area contributed by atoms with E-state index in [9.17, 15) is 14.9 Å². The summed E-state index contributed by atoms with van der Waals surface area (Å²) in [6, 6.07) is 15.3. The summed E-state index contributed by atoms with van der Waals surface area (Å²) in [5.41, 5.74) is 1.19. The van der Waals surface area contributed by atoms with Gasteiger partial charge in [0, 0.05) is 37.9 Å². The molecule has 0 heterocycles. The lowest BCUT2D eigenvalue weighted by molar-refractivity contribution is -0.384. The zero-order chi connectivity index (χ0) is 16.7. The third-order valence-corrected chi connectivity index (χ3v) is 3.37. The molecule has 2 rings (SSSR count). The average Bonchev–Trinajstić information content (AvgIpc) is 2.59. The van der Waals surface area contributed by atoms with Crippen molar-refractivity contribution in [1.82, 2.24) is 4.90 Å². The lowest BCUT2D eigenvalue weighted by Gasteiger charge is -2.22. The Morgan fingerprint density at radius 3 is 2.57 bits per heavy atom. The Kier molecular flexibility index (Phi) is 5.82. The van der Waals surface area contributed by atoms with E-state index in [-0.39, 0.29) is 11.6 Å². The van der Waals surface area contributed by atoms with Crippen LogP contribution in [-0.4, -0.2) is 36.0 Å². The summed E-state index contributed by atoms with van der Waals surface area (Å²) in [6.07, 6.45) is 0. The highest BCUT2D eigenvalue weighted by atomic mass is 16.6. The molecule has 23 heavy (non-hydrogen) atoms. The first-order valence-electron chi connectivity index (χ1n) is 7.18. The summed E-state index contributed by atoms with van der Waals surface area (Å²) in [6.45, 7) is 1.23. The minimum absolute atomic E-state index is 0.0951. The van der Waals surface area contributed by atoms with Gasteiger partial charge in [0.15, 0.2) is 0 Å². The van der Waals surface area contributed by atoms with Crippen LogP contribution in [0.15, 0.2) is 54.6 Å². The molecular weight excluding hydrogens is 296 g/mol. The number of hydrogen-bond donors (Lipinski definition) is 0. The Morgan fingerprint density at radius 2 is 1.91 bits per heavy atom. The first-order chi connectivity index (χ1) is 11.1.